The summed E-state index contributed by atoms with van der Waals surface area (Å²) >= 11 is 0. The molecule has 1 aromatic carbocycles. The predicted molar refractivity (Wildman–Crippen MR) is 69.7 cm³/mol. The van der Waals surface area contributed by atoms with E-state index in [1.807, 2.05) is 6.92 Å². The second kappa shape index (κ2) is 6.16. The lowest BCUT2D eigenvalue weighted by Crippen LogP contribution is -2.19. The SMILES string of the molecule is Cc1ccc(NC(=O)CCC(C)N)cc1C(=O)O. The van der Waals surface area contributed by atoms with Crippen LogP contribution in [-0.2, 0) is 4.79 Å². The molecule has 1 rings (SSSR count). The van der Waals surface area contributed by atoms with Crippen LogP contribution in [0.3, 0.4) is 0 Å². The number of nitrogens with one attached hydrogen (secondary N) is 1. The van der Waals surface area contributed by atoms with Gasteiger partial charge in [-0.1, -0.05) is 6.07 Å². The average Bonchev–Trinajstić information content (AvgIpc) is 2.28. The standard InChI is InChI=1S/C13H18N2O3/c1-8-3-5-10(7-11(8)13(17)18)15-12(16)6-4-9(2)14/h3,5,7,9H,4,6,14H2,1-2H3,(H,15,16)(H,17,18). The Morgan fingerprint density at radius 3 is 2.67 bits per heavy atom. The molecule has 0 aromatic heterocycles. The van der Waals surface area contributed by atoms with Gasteiger partial charge in [-0.15, -0.1) is 0 Å². The lowest BCUT2D eigenvalue weighted by molar-refractivity contribution is -0.116. The fourth-order valence-electron chi connectivity index (χ4n) is 1.51. The first-order chi connectivity index (χ1) is 8.40. The molecule has 1 amide bonds. The Bertz CT molecular complexity index is 456. The molecule has 0 radical (unpaired) electrons. The van der Waals surface area contributed by atoms with Gasteiger partial charge in [0.15, 0.2) is 0 Å². The zero-order valence-corrected chi connectivity index (χ0v) is 10.6. The Balaban J connectivity index is 2.70. The molecule has 0 saturated carbocycles. The molecule has 1 aromatic rings. The van der Waals surface area contributed by atoms with Gasteiger partial charge in [0.1, 0.15) is 0 Å². The largest absolute Gasteiger partial charge is 0.478 e. The van der Waals surface area contributed by atoms with Gasteiger partial charge in [0.2, 0.25) is 5.91 Å². The highest BCUT2D eigenvalue weighted by Crippen LogP contribution is 2.15. The van der Waals surface area contributed by atoms with Crippen LogP contribution in [0.25, 0.3) is 0 Å². The zero-order valence-electron chi connectivity index (χ0n) is 10.6. The normalized spacial score (nSPS) is 11.9. The van der Waals surface area contributed by atoms with Crippen molar-refractivity contribution in [3.8, 4) is 0 Å². The van der Waals surface area contributed by atoms with Crippen molar-refractivity contribution in [2.45, 2.75) is 32.7 Å². The number of aromatic carboxylic acids is 1. The van der Waals surface area contributed by atoms with Gasteiger partial charge < -0.3 is 16.2 Å². The highest BCUT2D eigenvalue weighted by Gasteiger charge is 2.09. The third kappa shape index (κ3) is 4.18. The van der Waals surface area contributed by atoms with E-state index in [9.17, 15) is 9.59 Å². The van der Waals surface area contributed by atoms with E-state index in [1.165, 1.54) is 6.07 Å². The summed E-state index contributed by atoms with van der Waals surface area (Å²) in [6, 6.07) is 4.79. The van der Waals surface area contributed by atoms with Crippen molar-refractivity contribution in [3.63, 3.8) is 0 Å². The summed E-state index contributed by atoms with van der Waals surface area (Å²) in [5, 5.41) is 11.6. The molecule has 0 aliphatic rings. The van der Waals surface area contributed by atoms with Gasteiger partial charge in [-0.3, -0.25) is 4.79 Å². The van der Waals surface area contributed by atoms with Crippen LogP contribution >= 0.6 is 0 Å². The second-order valence-electron chi connectivity index (χ2n) is 4.40. The van der Waals surface area contributed by atoms with Gasteiger partial charge >= 0.3 is 5.97 Å². The molecular formula is C13H18N2O3. The van der Waals surface area contributed by atoms with Gasteiger partial charge in [0.25, 0.3) is 0 Å². The van der Waals surface area contributed by atoms with E-state index in [4.69, 9.17) is 10.8 Å². The summed E-state index contributed by atoms with van der Waals surface area (Å²) in [7, 11) is 0. The van der Waals surface area contributed by atoms with E-state index >= 15 is 0 Å². The number of nitrogens with two attached hydrogens (primary N) is 1. The molecule has 18 heavy (non-hydrogen) atoms. The van der Waals surface area contributed by atoms with Crippen molar-refractivity contribution in [1.82, 2.24) is 0 Å². The highest BCUT2D eigenvalue weighted by molar-refractivity contribution is 5.94. The topological polar surface area (TPSA) is 92.4 Å². The molecule has 5 nitrogen and oxygen atoms in total. The molecule has 0 spiro atoms. The third-order valence-electron chi connectivity index (χ3n) is 2.58. The molecule has 0 fully saturated rings. The Kier molecular flexibility index (Phi) is 4.85. The molecule has 4 N–H and O–H groups in total. The summed E-state index contributed by atoms with van der Waals surface area (Å²) in [6.07, 6.45) is 0.928. The number of carboxylic acid groups (broad SMARTS) is 1. The lowest BCUT2D eigenvalue weighted by atomic mass is 10.1. The van der Waals surface area contributed by atoms with Crippen molar-refractivity contribution in [2.75, 3.05) is 5.32 Å². The van der Waals surface area contributed by atoms with Crippen LogP contribution in [-0.4, -0.2) is 23.0 Å². The maximum absolute atomic E-state index is 11.6. The van der Waals surface area contributed by atoms with Gasteiger partial charge in [-0.25, -0.2) is 4.79 Å². The summed E-state index contributed by atoms with van der Waals surface area (Å²) in [5.41, 5.74) is 6.91. The number of rotatable bonds is 5. The van der Waals surface area contributed by atoms with E-state index in [2.05, 4.69) is 5.32 Å². The first-order valence-electron chi connectivity index (χ1n) is 5.79. The summed E-state index contributed by atoms with van der Waals surface area (Å²) in [6.45, 7) is 3.55. The van der Waals surface area contributed by atoms with Crippen LogP contribution in [0.1, 0.15) is 35.7 Å². The quantitative estimate of drug-likeness (QED) is 0.742. The van der Waals surface area contributed by atoms with Crippen LogP contribution in [0.4, 0.5) is 5.69 Å². The summed E-state index contributed by atoms with van der Waals surface area (Å²) in [4.78, 5) is 22.5. The Morgan fingerprint density at radius 2 is 2.11 bits per heavy atom. The minimum Gasteiger partial charge on any atom is -0.478 e. The smallest absolute Gasteiger partial charge is 0.336 e. The molecule has 0 aliphatic carbocycles. The third-order valence-corrected chi connectivity index (χ3v) is 2.58. The Labute approximate surface area is 106 Å². The number of hydrogen-bond donors (Lipinski definition) is 3. The first-order valence-corrected chi connectivity index (χ1v) is 5.79. The minimum absolute atomic E-state index is 0.0247. The van der Waals surface area contributed by atoms with Gasteiger partial charge in [0.05, 0.1) is 5.56 Å². The van der Waals surface area contributed by atoms with Crippen molar-refractivity contribution in [3.05, 3.63) is 29.3 Å². The van der Waals surface area contributed by atoms with E-state index in [0.717, 1.165) is 0 Å². The number of carbonyl (C=O) groups is 2. The van der Waals surface area contributed by atoms with Crippen LogP contribution in [0.5, 0.6) is 0 Å². The number of aryl methyl sites for hydroxylation is 1. The van der Waals surface area contributed by atoms with Crippen LogP contribution < -0.4 is 11.1 Å². The molecule has 0 heterocycles. The summed E-state index contributed by atoms with van der Waals surface area (Å²) in [5.74, 6) is -1.16. The van der Waals surface area contributed by atoms with Crippen molar-refractivity contribution < 1.29 is 14.7 Å². The number of carboxylic acids is 1. The molecule has 98 valence electrons. The fraction of sp³-hybridized carbons (Fsp3) is 0.385. The number of amides is 1. The second-order valence-corrected chi connectivity index (χ2v) is 4.40. The van der Waals surface area contributed by atoms with E-state index in [-0.39, 0.29) is 17.5 Å². The Hall–Kier alpha value is -1.88. The maximum atomic E-state index is 11.6. The summed E-state index contributed by atoms with van der Waals surface area (Å²) < 4.78 is 0. The van der Waals surface area contributed by atoms with Crippen molar-refractivity contribution in [2.24, 2.45) is 5.73 Å². The van der Waals surface area contributed by atoms with Crippen molar-refractivity contribution in [1.29, 1.82) is 0 Å². The Morgan fingerprint density at radius 1 is 1.44 bits per heavy atom. The fourth-order valence-corrected chi connectivity index (χ4v) is 1.51. The van der Waals surface area contributed by atoms with Crippen molar-refractivity contribution >= 4 is 17.6 Å². The molecule has 1 unspecified atom stereocenters. The highest BCUT2D eigenvalue weighted by atomic mass is 16.4. The lowest BCUT2D eigenvalue weighted by Gasteiger charge is -2.08. The predicted octanol–water partition coefficient (Wildman–Crippen LogP) is 1.76. The van der Waals surface area contributed by atoms with E-state index in [1.54, 1.807) is 19.1 Å². The zero-order chi connectivity index (χ0) is 13.7. The van der Waals surface area contributed by atoms with Gasteiger partial charge in [-0.2, -0.15) is 0 Å². The maximum Gasteiger partial charge on any atom is 0.336 e. The van der Waals surface area contributed by atoms with E-state index < -0.39 is 5.97 Å². The van der Waals surface area contributed by atoms with Gasteiger partial charge in [0, 0.05) is 18.2 Å². The molecule has 0 saturated heterocycles. The molecule has 0 aliphatic heterocycles. The number of anilines is 1. The molecule has 5 heteroatoms. The first kappa shape index (κ1) is 14.2. The minimum atomic E-state index is -1.00. The van der Waals surface area contributed by atoms with Crippen LogP contribution in [0.15, 0.2) is 18.2 Å². The molecular weight excluding hydrogens is 232 g/mol. The van der Waals surface area contributed by atoms with E-state index in [0.29, 0.717) is 24.1 Å². The number of hydrogen-bond acceptors (Lipinski definition) is 3. The number of carbonyl (C=O) groups excluding carboxylic acids is 1. The van der Waals surface area contributed by atoms with Crippen LogP contribution in [0.2, 0.25) is 0 Å². The van der Waals surface area contributed by atoms with Gasteiger partial charge in [-0.05, 0) is 38.0 Å². The molecule has 0 bridgehead atoms. The average molecular weight is 250 g/mol. The van der Waals surface area contributed by atoms with Crippen LogP contribution in [0, 0.1) is 6.92 Å². The number of benzene rings is 1. The monoisotopic (exact) mass is 250 g/mol. The molecule has 1 atom stereocenters.